The lowest BCUT2D eigenvalue weighted by atomic mass is 10.2. The minimum absolute atomic E-state index is 0.156. The van der Waals surface area contributed by atoms with E-state index in [4.69, 9.17) is 13.7 Å². The Balaban J connectivity index is 1.59. The molecule has 0 spiro atoms. The number of benzene rings is 1. The molecule has 0 unspecified atom stereocenters. The second-order valence-electron chi connectivity index (χ2n) is 5.24. The van der Waals surface area contributed by atoms with Crippen LogP contribution in [-0.2, 0) is 11.2 Å². The van der Waals surface area contributed by atoms with Crippen molar-refractivity contribution < 1.29 is 18.5 Å². The van der Waals surface area contributed by atoms with Gasteiger partial charge < -0.3 is 19.0 Å². The van der Waals surface area contributed by atoms with Crippen LogP contribution in [0.15, 0.2) is 45.5 Å². The highest BCUT2D eigenvalue weighted by molar-refractivity contribution is 5.92. The van der Waals surface area contributed by atoms with Crippen LogP contribution in [0.5, 0.6) is 5.75 Å². The summed E-state index contributed by atoms with van der Waals surface area (Å²) >= 11 is 0. The number of ether oxygens (including phenoxy) is 1. The van der Waals surface area contributed by atoms with Crippen LogP contribution in [0.3, 0.4) is 0 Å². The lowest BCUT2D eigenvalue weighted by Crippen LogP contribution is -2.13. The summed E-state index contributed by atoms with van der Waals surface area (Å²) in [6, 6.07) is 9.08. The van der Waals surface area contributed by atoms with E-state index in [0.717, 1.165) is 5.56 Å². The quantitative estimate of drug-likeness (QED) is 0.747. The maximum absolute atomic E-state index is 12.1. The van der Waals surface area contributed by atoms with Gasteiger partial charge in [0.1, 0.15) is 5.75 Å². The molecule has 0 bridgehead atoms. The minimum atomic E-state index is -0.156. The average molecular weight is 327 g/mol. The molecule has 124 valence electrons. The summed E-state index contributed by atoms with van der Waals surface area (Å²) in [5.74, 6) is 1.74. The molecule has 7 nitrogen and oxygen atoms in total. The molecule has 1 amide bonds. The molecule has 7 heteroatoms. The summed E-state index contributed by atoms with van der Waals surface area (Å²) < 4.78 is 15.6. The Bertz CT molecular complexity index is 824. The van der Waals surface area contributed by atoms with Crippen molar-refractivity contribution in [1.29, 1.82) is 0 Å². The SMILES string of the molecule is COc1ccc(C)cc1NC(=O)CCc1nc(-c2ccco2)no1. The number of hydrogen-bond acceptors (Lipinski definition) is 6. The first-order valence-corrected chi connectivity index (χ1v) is 7.46. The number of aryl methyl sites for hydroxylation is 2. The number of carbonyl (C=O) groups is 1. The van der Waals surface area contributed by atoms with Gasteiger partial charge in [0.05, 0.1) is 19.1 Å². The normalized spacial score (nSPS) is 10.6. The zero-order valence-electron chi connectivity index (χ0n) is 13.4. The van der Waals surface area contributed by atoms with Gasteiger partial charge in [-0.25, -0.2) is 0 Å². The highest BCUT2D eigenvalue weighted by atomic mass is 16.5. The van der Waals surface area contributed by atoms with Crippen molar-refractivity contribution in [2.24, 2.45) is 0 Å². The zero-order chi connectivity index (χ0) is 16.9. The Kier molecular flexibility index (Phi) is 4.60. The molecule has 0 radical (unpaired) electrons. The number of nitrogens with zero attached hydrogens (tertiary/aromatic N) is 2. The first-order chi connectivity index (χ1) is 11.7. The maximum Gasteiger partial charge on any atom is 0.238 e. The van der Waals surface area contributed by atoms with Gasteiger partial charge in [-0.1, -0.05) is 11.2 Å². The standard InChI is InChI=1S/C17H17N3O4/c1-11-5-6-13(22-2)12(10-11)18-15(21)7-8-16-19-17(20-24-16)14-4-3-9-23-14/h3-6,9-10H,7-8H2,1-2H3,(H,18,21). The van der Waals surface area contributed by atoms with E-state index in [0.29, 0.717) is 35.3 Å². The molecule has 2 aromatic heterocycles. The van der Waals surface area contributed by atoms with E-state index in [1.807, 2.05) is 25.1 Å². The van der Waals surface area contributed by atoms with Gasteiger partial charge >= 0.3 is 0 Å². The van der Waals surface area contributed by atoms with Gasteiger partial charge in [-0.05, 0) is 36.8 Å². The van der Waals surface area contributed by atoms with Crippen molar-refractivity contribution >= 4 is 11.6 Å². The van der Waals surface area contributed by atoms with Gasteiger partial charge in [0.15, 0.2) is 5.76 Å². The summed E-state index contributed by atoms with van der Waals surface area (Å²) in [6.45, 7) is 1.95. The predicted octanol–water partition coefficient (Wildman–Crippen LogP) is 3.22. The third-order valence-corrected chi connectivity index (χ3v) is 3.40. The number of hydrogen-bond donors (Lipinski definition) is 1. The monoisotopic (exact) mass is 327 g/mol. The van der Waals surface area contributed by atoms with Crippen molar-refractivity contribution in [3.63, 3.8) is 0 Å². The van der Waals surface area contributed by atoms with Crippen LogP contribution in [0.25, 0.3) is 11.6 Å². The van der Waals surface area contributed by atoms with E-state index < -0.39 is 0 Å². The molecule has 0 saturated heterocycles. The molecule has 2 heterocycles. The molecule has 0 aliphatic rings. The number of carbonyl (C=O) groups excluding carboxylic acids is 1. The number of rotatable bonds is 6. The second kappa shape index (κ2) is 6.99. The molecule has 0 aliphatic heterocycles. The molecule has 3 aromatic rings. The van der Waals surface area contributed by atoms with Gasteiger partial charge in [-0.2, -0.15) is 4.98 Å². The van der Waals surface area contributed by atoms with Crippen LogP contribution in [-0.4, -0.2) is 23.2 Å². The molecule has 0 atom stereocenters. The van der Waals surface area contributed by atoms with E-state index in [1.165, 1.54) is 6.26 Å². The summed E-state index contributed by atoms with van der Waals surface area (Å²) in [4.78, 5) is 16.3. The fraction of sp³-hybridized carbons (Fsp3) is 0.235. The van der Waals surface area contributed by atoms with Crippen molar-refractivity contribution in [2.75, 3.05) is 12.4 Å². The third kappa shape index (κ3) is 3.62. The highest BCUT2D eigenvalue weighted by Crippen LogP contribution is 2.25. The van der Waals surface area contributed by atoms with E-state index in [1.54, 1.807) is 19.2 Å². The molecule has 0 aliphatic carbocycles. The largest absolute Gasteiger partial charge is 0.495 e. The Morgan fingerprint density at radius 2 is 2.21 bits per heavy atom. The molecule has 24 heavy (non-hydrogen) atoms. The van der Waals surface area contributed by atoms with Crippen LogP contribution in [0.4, 0.5) is 5.69 Å². The zero-order valence-corrected chi connectivity index (χ0v) is 13.4. The fourth-order valence-corrected chi connectivity index (χ4v) is 2.21. The number of methoxy groups -OCH3 is 1. The van der Waals surface area contributed by atoms with Crippen LogP contribution in [0, 0.1) is 6.92 Å². The van der Waals surface area contributed by atoms with Crippen LogP contribution in [0.1, 0.15) is 17.9 Å². The Labute approximate surface area is 138 Å². The Morgan fingerprint density at radius 3 is 2.96 bits per heavy atom. The van der Waals surface area contributed by atoms with Crippen molar-refractivity contribution in [3.8, 4) is 17.3 Å². The maximum atomic E-state index is 12.1. The van der Waals surface area contributed by atoms with E-state index >= 15 is 0 Å². The fourth-order valence-electron chi connectivity index (χ4n) is 2.21. The van der Waals surface area contributed by atoms with Gasteiger partial charge in [0.2, 0.25) is 17.6 Å². The molecule has 3 rings (SSSR count). The molecular formula is C17H17N3O4. The topological polar surface area (TPSA) is 90.4 Å². The minimum Gasteiger partial charge on any atom is -0.495 e. The predicted molar refractivity (Wildman–Crippen MR) is 86.7 cm³/mol. The summed E-state index contributed by atoms with van der Waals surface area (Å²) in [7, 11) is 1.56. The van der Waals surface area contributed by atoms with Gasteiger partial charge in [-0.15, -0.1) is 0 Å². The second-order valence-corrected chi connectivity index (χ2v) is 5.24. The molecule has 0 fully saturated rings. The molecule has 1 aromatic carbocycles. The number of amides is 1. The van der Waals surface area contributed by atoms with Crippen LogP contribution >= 0.6 is 0 Å². The van der Waals surface area contributed by atoms with Crippen LogP contribution in [0.2, 0.25) is 0 Å². The van der Waals surface area contributed by atoms with E-state index in [9.17, 15) is 4.79 Å². The van der Waals surface area contributed by atoms with Crippen molar-refractivity contribution in [3.05, 3.63) is 48.0 Å². The van der Waals surface area contributed by atoms with Gasteiger partial charge in [0, 0.05) is 12.8 Å². The van der Waals surface area contributed by atoms with Gasteiger partial charge in [0.25, 0.3) is 0 Å². The third-order valence-electron chi connectivity index (χ3n) is 3.40. The Hall–Kier alpha value is -3.09. The number of nitrogens with one attached hydrogen (secondary N) is 1. The summed E-state index contributed by atoms with van der Waals surface area (Å²) in [5, 5.41) is 6.66. The molecular weight excluding hydrogens is 310 g/mol. The Morgan fingerprint density at radius 1 is 1.33 bits per heavy atom. The number of anilines is 1. The lowest BCUT2D eigenvalue weighted by molar-refractivity contribution is -0.116. The smallest absolute Gasteiger partial charge is 0.238 e. The van der Waals surface area contributed by atoms with E-state index in [-0.39, 0.29) is 12.3 Å². The summed E-state index contributed by atoms with van der Waals surface area (Å²) in [5.41, 5.74) is 1.68. The molecule has 0 saturated carbocycles. The van der Waals surface area contributed by atoms with Gasteiger partial charge in [-0.3, -0.25) is 4.79 Å². The number of aromatic nitrogens is 2. The lowest BCUT2D eigenvalue weighted by Gasteiger charge is -2.10. The first-order valence-electron chi connectivity index (χ1n) is 7.46. The average Bonchev–Trinajstić information content (AvgIpc) is 3.24. The highest BCUT2D eigenvalue weighted by Gasteiger charge is 2.13. The van der Waals surface area contributed by atoms with Crippen LogP contribution < -0.4 is 10.1 Å². The molecule has 1 N–H and O–H groups in total. The first kappa shape index (κ1) is 15.8. The summed E-state index contributed by atoms with van der Waals surface area (Å²) in [6.07, 6.45) is 2.10. The number of furan rings is 1. The van der Waals surface area contributed by atoms with Crippen molar-refractivity contribution in [2.45, 2.75) is 19.8 Å². The van der Waals surface area contributed by atoms with E-state index in [2.05, 4.69) is 15.5 Å². The van der Waals surface area contributed by atoms with Crippen molar-refractivity contribution in [1.82, 2.24) is 10.1 Å².